The summed E-state index contributed by atoms with van der Waals surface area (Å²) in [5, 5.41) is 6.69. The Balaban J connectivity index is 1.61. The van der Waals surface area contributed by atoms with Crippen molar-refractivity contribution in [3.05, 3.63) is 64.6 Å². The molecular weight excluding hydrogens is 453 g/mol. The molecule has 0 aliphatic heterocycles. The van der Waals surface area contributed by atoms with E-state index in [0.717, 1.165) is 23.5 Å². The zero-order chi connectivity index (χ0) is 23.5. The third-order valence-corrected chi connectivity index (χ3v) is 4.26. The van der Waals surface area contributed by atoms with Crippen LogP contribution in [0.3, 0.4) is 0 Å². The van der Waals surface area contributed by atoms with Gasteiger partial charge in [-0.25, -0.2) is 14.5 Å². The highest BCUT2D eigenvalue weighted by molar-refractivity contribution is 6.33. The van der Waals surface area contributed by atoms with Gasteiger partial charge >= 0.3 is 12.3 Å². The molecule has 8 nitrogen and oxygen atoms in total. The molecular formula is C20H16ClF3N4O4. The largest absolute Gasteiger partial charge is 0.573 e. The minimum Gasteiger partial charge on any atom is -0.451 e. The molecule has 1 amide bonds. The van der Waals surface area contributed by atoms with Crippen LogP contribution in [0.5, 0.6) is 5.75 Å². The Bertz CT molecular complexity index is 1150. The summed E-state index contributed by atoms with van der Waals surface area (Å²) in [6.07, 6.45) is -4.82. The zero-order valence-electron chi connectivity index (χ0n) is 16.7. The van der Waals surface area contributed by atoms with Gasteiger partial charge in [-0.3, -0.25) is 4.79 Å². The van der Waals surface area contributed by atoms with Gasteiger partial charge in [-0.1, -0.05) is 11.6 Å². The Morgan fingerprint density at radius 2 is 1.81 bits per heavy atom. The molecule has 0 saturated heterocycles. The third-order valence-electron chi connectivity index (χ3n) is 3.96. The van der Waals surface area contributed by atoms with Crippen molar-refractivity contribution in [3.8, 4) is 11.6 Å². The van der Waals surface area contributed by atoms with Crippen molar-refractivity contribution in [3.63, 3.8) is 0 Å². The molecule has 0 unspecified atom stereocenters. The predicted octanol–water partition coefficient (Wildman–Crippen LogP) is 4.23. The first-order chi connectivity index (χ1) is 15.0. The van der Waals surface area contributed by atoms with Crippen LogP contribution >= 0.6 is 11.6 Å². The zero-order valence-corrected chi connectivity index (χ0v) is 17.5. The van der Waals surface area contributed by atoms with Gasteiger partial charge < -0.3 is 14.8 Å². The van der Waals surface area contributed by atoms with E-state index in [1.54, 1.807) is 6.07 Å². The number of carbonyl (C=O) groups is 2. The number of ether oxygens (including phenoxy) is 2. The highest BCUT2D eigenvalue weighted by atomic mass is 35.5. The smallest absolute Gasteiger partial charge is 0.451 e. The second kappa shape index (κ2) is 9.27. The summed E-state index contributed by atoms with van der Waals surface area (Å²) in [4.78, 5) is 28.6. The van der Waals surface area contributed by atoms with Crippen molar-refractivity contribution in [2.75, 3.05) is 11.9 Å². The van der Waals surface area contributed by atoms with Crippen molar-refractivity contribution in [1.82, 2.24) is 14.8 Å². The van der Waals surface area contributed by atoms with Gasteiger partial charge in [0, 0.05) is 11.4 Å². The summed E-state index contributed by atoms with van der Waals surface area (Å²) in [6.45, 7) is 2.96. The molecule has 0 atom stereocenters. The van der Waals surface area contributed by atoms with Crippen LogP contribution in [-0.2, 0) is 9.53 Å². The fraction of sp³-hybridized carbons (Fsp3) is 0.200. The average Bonchev–Trinajstić information content (AvgIpc) is 3.05. The van der Waals surface area contributed by atoms with Gasteiger partial charge in [0.25, 0.3) is 5.91 Å². The molecule has 0 saturated carbocycles. The molecule has 0 radical (unpaired) electrons. The standard InChI is InChI=1S/C20H16ClF3N4O4/c1-11-9-12(2)28(27-11)16-8-7-15(21)18(26-16)19(30)31-10-17(29)25-13-3-5-14(6-4-13)32-20(22,23)24/h3-9H,10H2,1-2H3,(H,25,29). The van der Waals surface area contributed by atoms with Crippen LogP contribution in [0.2, 0.25) is 5.02 Å². The molecule has 12 heteroatoms. The Hall–Kier alpha value is -3.60. The van der Waals surface area contributed by atoms with E-state index >= 15 is 0 Å². The van der Waals surface area contributed by atoms with Crippen LogP contribution in [0, 0.1) is 13.8 Å². The van der Waals surface area contributed by atoms with Crippen molar-refractivity contribution in [2.24, 2.45) is 0 Å². The lowest BCUT2D eigenvalue weighted by molar-refractivity contribution is -0.274. The molecule has 2 heterocycles. The number of hydrogen-bond acceptors (Lipinski definition) is 6. The number of nitrogens with zero attached hydrogens (tertiary/aromatic N) is 3. The summed E-state index contributed by atoms with van der Waals surface area (Å²) in [6, 6.07) is 9.35. The van der Waals surface area contributed by atoms with Gasteiger partial charge in [0.15, 0.2) is 18.1 Å². The van der Waals surface area contributed by atoms with Crippen LogP contribution in [0.1, 0.15) is 21.9 Å². The molecule has 0 aliphatic rings. The van der Waals surface area contributed by atoms with Crippen LogP contribution < -0.4 is 10.1 Å². The number of rotatable bonds is 6. The lowest BCUT2D eigenvalue weighted by Gasteiger charge is -2.10. The molecule has 32 heavy (non-hydrogen) atoms. The number of esters is 1. The highest BCUT2D eigenvalue weighted by Crippen LogP contribution is 2.24. The van der Waals surface area contributed by atoms with E-state index in [0.29, 0.717) is 5.82 Å². The molecule has 1 aromatic carbocycles. The molecule has 3 aromatic rings. The first-order valence-corrected chi connectivity index (χ1v) is 9.42. The molecule has 2 aromatic heterocycles. The topological polar surface area (TPSA) is 95.3 Å². The number of hydrogen-bond donors (Lipinski definition) is 1. The second-order valence-corrected chi connectivity index (χ2v) is 6.94. The number of anilines is 1. The van der Waals surface area contributed by atoms with Crippen LogP contribution in [0.15, 0.2) is 42.5 Å². The molecule has 0 fully saturated rings. The van der Waals surface area contributed by atoms with E-state index in [9.17, 15) is 22.8 Å². The maximum Gasteiger partial charge on any atom is 0.573 e. The number of benzene rings is 1. The highest BCUT2D eigenvalue weighted by Gasteiger charge is 2.31. The van der Waals surface area contributed by atoms with Crippen molar-refractivity contribution in [2.45, 2.75) is 20.2 Å². The first kappa shape index (κ1) is 23.1. The SMILES string of the molecule is Cc1cc(C)n(-c2ccc(Cl)c(C(=O)OCC(=O)Nc3ccc(OC(F)(F)F)cc3)n2)n1. The second-order valence-electron chi connectivity index (χ2n) is 6.54. The van der Waals surface area contributed by atoms with Gasteiger partial charge in [-0.15, -0.1) is 13.2 Å². The number of alkyl halides is 3. The molecule has 0 spiro atoms. The van der Waals surface area contributed by atoms with Crippen LogP contribution in [-0.4, -0.2) is 39.6 Å². The quantitative estimate of drug-likeness (QED) is 0.544. The molecule has 168 valence electrons. The van der Waals surface area contributed by atoms with E-state index in [4.69, 9.17) is 16.3 Å². The summed E-state index contributed by atoms with van der Waals surface area (Å²) in [5.41, 5.74) is 1.54. The fourth-order valence-electron chi connectivity index (χ4n) is 2.69. The van der Waals surface area contributed by atoms with Gasteiger partial charge in [-0.05, 0) is 56.3 Å². The summed E-state index contributed by atoms with van der Waals surface area (Å²) in [5.74, 6) is -1.74. The number of amides is 1. The first-order valence-electron chi connectivity index (χ1n) is 9.05. The van der Waals surface area contributed by atoms with Crippen molar-refractivity contribution < 1.29 is 32.2 Å². The number of carbonyl (C=O) groups excluding carboxylic acids is 2. The Labute approximate surface area is 184 Å². The third kappa shape index (κ3) is 5.97. The minimum absolute atomic E-state index is 0.0287. The fourth-order valence-corrected chi connectivity index (χ4v) is 2.87. The Morgan fingerprint density at radius 1 is 1.12 bits per heavy atom. The normalized spacial score (nSPS) is 11.2. The Morgan fingerprint density at radius 3 is 2.41 bits per heavy atom. The molecule has 0 aliphatic carbocycles. The van der Waals surface area contributed by atoms with E-state index in [-0.39, 0.29) is 16.4 Å². The lowest BCUT2D eigenvalue weighted by atomic mass is 10.3. The molecule has 0 bridgehead atoms. The van der Waals surface area contributed by atoms with Crippen LogP contribution in [0.25, 0.3) is 5.82 Å². The predicted molar refractivity (Wildman–Crippen MR) is 108 cm³/mol. The van der Waals surface area contributed by atoms with Gasteiger partial charge in [0.1, 0.15) is 5.75 Å². The van der Waals surface area contributed by atoms with E-state index in [1.165, 1.54) is 22.9 Å². The van der Waals surface area contributed by atoms with Crippen molar-refractivity contribution in [1.29, 1.82) is 0 Å². The number of aryl methyl sites for hydroxylation is 2. The van der Waals surface area contributed by atoms with Crippen LogP contribution in [0.4, 0.5) is 18.9 Å². The average molecular weight is 469 g/mol. The molecule has 3 rings (SSSR count). The Kier molecular flexibility index (Phi) is 6.68. The number of nitrogens with one attached hydrogen (secondary N) is 1. The minimum atomic E-state index is -4.82. The maximum atomic E-state index is 12.4. The number of aromatic nitrogens is 3. The van der Waals surface area contributed by atoms with Gasteiger partial charge in [0.05, 0.1) is 10.7 Å². The summed E-state index contributed by atoms with van der Waals surface area (Å²) >= 11 is 6.04. The van der Waals surface area contributed by atoms with E-state index in [2.05, 4.69) is 20.1 Å². The monoisotopic (exact) mass is 468 g/mol. The summed E-state index contributed by atoms with van der Waals surface area (Å²) < 4.78 is 46.8. The number of pyridine rings is 1. The van der Waals surface area contributed by atoms with Gasteiger partial charge in [-0.2, -0.15) is 5.10 Å². The van der Waals surface area contributed by atoms with Crippen molar-refractivity contribution >= 4 is 29.2 Å². The summed E-state index contributed by atoms with van der Waals surface area (Å²) in [7, 11) is 0. The van der Waals surface area contributed by atoms with E-state index < -0.39 is 30.6 Å². The van der Waals surface area contributed by atoms with E-state index in [1.807, 2.05) is 19.9 Å². The molecule has 1 N–H and O–H groups in total. The maximum absolute atomic E-state index is 12.4. The number of halogens is 4. The van der Waals surface area contributed by atoms with Gasteiger partial charge in [0.2, 0.25) is 0 Å². The lowest BCUT2D eigenvalue weighted by Crippen LogP contribution is -2.22.